The first-order valence-electron chi connectivity index (χ1n) is 10.8. The molecule has 0 aliphatic rings. The molecule has 32 heavy (non-hydrogen) atoms. The van der Waals surface area contributed by atoms with Crippen LogP contribution in [0.3, 0.4) is 0 Å². The lowest BCUT2D eigenvalue weighted by Gasteiger charge is -2.12. The first-order chi connectivity index (χ1) is 15.8. The predicted octanol–water partition coefficient (Wildman–Crippen LogP) is 7.81. The van der Waals surface area contributed by atoms with Crippen molar-refractivity contribution in [3.05, 3.63) is 96.8 Å². The lowest BCUT2D eigenvalue weighted by molar-refractivity contribution is 0.670. The van der Waals surface area contributed by atoms with E-state index < -0.39 is 0 Å². The fourth-order valence-corrected chi connectivity index (χ4v) is 5.08. The maximum absolute atomic E-state index is 6.30. The van der Waals surface area contributed by atoms with E-state index in [2.05, 4.69) is 73.7 Å². The zero-order chi connectivity index (χ0) is 21.2. The second-order valence-corrected chi connectivity index (χ2v) is 8.30. The summed E-state index contributed by atoms with van der Waals surface area (Å²) >= 11 is 0. The molecule has 3 heteroatoms. The van der Waals surface area contributed by atoms with Crippen molar-refractivity contribution in [2.45, 2.75) is 6.92 Å². The van der Waals surface area contributed by atoms with Gasteiger partial charge in [0.15, 0.2) is 0 Å². The van der Waals surface area contributed by atoms with Crippen LogP contribution in [0.5, 0.6) is 0 Å². The summed E-state index contributed by atoms with van der Waals surface area (Å²) in [6.07, 6.45) is 1.67. The molecular formula is C29H18N2O. The van der Waals surface area contributed by atoms with Crippen LogP contribution >= 0.6 is 0 Å². The Bertz CT molecular complexity index is 1850. The quantitative estimate of drug-likeness (QED) is 0.259. The van der Waals surface area contributed by atoms with Gasteiger partial charge in [-0.05, 0) is 46.8 Å². The zero-order valence-corrected chi connectivity index (χ0v) is 17.5. The van der Waals surface area contributed by atoms with Gasteiger partial charge in [0.2, 0.25) is 0 Å². The molecule has 0 atom stereocenters. The van der Waals surface area contributed by atoms with Gasteiger partial charge in [0, 0.05) is 27.1 Å². The van der Waals surface area contributed by atoms with Gasteiger partial charge in [-0.3, -0.25) is 0 Å². The summed E-state index contributed by atoms with van der Waals surface area (Å²) in [6, 6.07) is 29.6. The maximum Gasteiger partial charge on any atom is 0.144 e. The third-order valence-electron chi connectivity index (χ3n) is 6.48. The Kier molecular flexibility index (Phi) is 3.48. The number of furan rings is 1. The Balaban J connectivity index is 1.61. The molecule has 0 spiro atoms. The molecule has 0 radical (unpaired) electrons. The number of hydrogen-bond donors (Lipinski definition) is 0. The largest absolute Gasteiger partial charge is 0.455 e. The van der Waals surface area contributed by atoms with Crippen LogP contribution in [0.2, 0.25) is 0 Å². The predicted molar refractivity (Wildman–Crippen MR) is 132 cm³/mol. The van der Waals surface area contributed by atoms with Crippen molar-refractivity contribution in [3.8, 4) is 11.3 Å². The van der Waals surface area contributed by atoms with Gasteiger partial charge in [0.05, 0.1) is 11.2 Å². The van der Waals surface area contributed by atoms with Crippen LogP contribution in [-0.2, 0) is 0 Å². The third-order valence-corrected chi connectivity index (χ3v) is 6.48. The Morgan fingerprint density at radius 2 is 1.44 bits per heavy atom. The van der Waals surface area contributed by atoms with Crippen LogP contribution in [-0.4, -0.2) is 9.97 Å². The first kappa shape index (κ1) is 17.4. The molecule has 0 saturated carbocycles. The second kappa shape index (κ2) is 6.38. The highest BCUT2D eigenvalue weighted by atomic mass is 16.3. The first-order valence-corrected chi connectivity index (χ1v) is 10.8. The van der Waals surface area contributed by atoms with E-state index in [0.29, 0.717) is 0 Å². The summed E-state index contributed by atoms with van der Waals surface area (Å²) in [7, 11) is 0. The number of benzene rings is 5. The van der Waals surface area contributed by atoms with Gasteiger partial charge >= 0.3 is 0 Å². The number of para-hydroxylation sites is 2. The van der Waals surface area contributed by atoms with E-state index in [1.807, 2.05) is 18.2 Å². The van der Waals surface area contributed by atoms with Crippen molar-refractivity contribution in [1.82, 2.24) is 9.97 Å². The van der Waals surface area contributed by atoms with E-state index in [9.17, 15) is 0 Å². The highest BCUT2D eigenvalue weighted by Gasteiger charge is 2.17. The molecule has 0 amide bonds. The lowest BCUT2D eigenvalue weighted by Crippen LogP contribution is -1.92. The number of hydrogen-bond acceptors (Lipinski definition) is 3. The van der Waals surface area contributed by atoms with Crippen LogP contribution in [0.4, 0.5) is 0 Å². The molecule has 7 rings (SSSR count). The minimum atomic E-state index is 0.865. The molecule has 0 saturated heterocycles. The van der Waals surface area contributed by atoms with Gasteiger partial charge < -0.3 is 4.42 Å². The molecule has 0 bridgehead atoms. The van der Waals surface area contributed by atoms with Crippen LogP contribution in [0.15, 0.2) is 95.7 Å². The van der Waals surface area contributed by atoms with Crippen LogP contribution < -0.4 is 0 Å². The van der Waals surface area contributed by atoms with Gasteiger partial charge in [-0.15, -0.1) is 0 Å². The molecule has 2 aromatic heterocycles. The summed E-state index contributed by atoms with van der Waals surface area (Å²) in [4.78, 5) is 9.47. The van der Waals surface area contributed by atoms with Crippen molar-refractivity contribution < 1.29 is 4.42 Å². The average molecular weight is 410 g/mol. The minimum Gasteiger partial charge on any atom is -0.455 e. The smallest absolute Gasteiger partial charge is 0.144 e. The Morgan fingerprint density at radius 3 is 2.38 bits per heavy atom. The van der Waals surface area contributed by atoms with E-state index in [0.717, 1.165) is 44.1 Å². The van der Waals surface area contributed by atoms with Crippen LogP contribution in [0, 0.1) is 6.92 Å². The highest BCUT2D eigenvalue weighted by molar-refractivity contribution is 6.20. The SMILES string of the molecule is Cc1cc2ccccc2c2ccc3c(-c4cccc5c4oc4ccccc45)ncnc3c12. The number of fused-ring (bicyclic) bond motifs is 8. The van der Waals surface area contributed by atoms with Crippen LogP contribution in [0.25, 0.3) is 65.6 Å². The Hall–Kier alpha value is -4.24. The fraction of sp³-hybridized carbons (Fsp3) is 0.0345. The molecule has 5 aromatic carbocycles. The minimum absolute atomic E-state index is 0.865. The van der Waals surface area contributed by atoms with E-state index in [4.69, 9.17) is 14.4 Å². The number of nitrogens with zero attached hydrogens (tertiary/aromatic N) is 2. The lowest BCUT2D eigenvalue weighted by atomic mass is 9.94. The molecule has 7 aromatic rings. The standard InChI is InChI=1S/C29H18N2O/c1-17-15-18-7-2-3-8-19(18)21-13-14-23-27(30-16-31-28(23)26(17)21)24-11-6-10-22-20-9-4-5-12-25(20)32-29(22)24/h2-16H,1H3. The maximum atomic E-state index is 6.30. The Labute approximate surface area is 183 Å². The monoisotopic (exact) mass is 410 g/mol. The van der Waals surface area contributed by atoms with Gasteiger partial charge in [-0.2, -0.15) is 0 Å². The van der Waals surface area contributed by atoms with Crippen molar-refractivity contribution in [1.29, 1.82) is 0 Å². The molecule has 2 heterocycles. The molecule has 150 valence electrons. The van der Waals surface area contributed by atoms with Crippen molar-refractivity contribution in [2.24, 2.45) is 0 Å². The normalized spacial score (nSPS) is 11.9. The summed E-state index contributed by atoms with van der Waals surface area (Å²) in [5.74, 6) is 0. The van der Waals surface area contributed by atoms with Gasteiger partial charge in [-0.25, -0.2) is 9.97 Å². The van der Waals surface area contributed by atoms with Gasteiger partial charge in [0.1, 0.15) is 17.5 Å². The Morgan fingerprint density at radius 1 is 0.656 bits per heavy atom. The fourth-order valence-electron chi connectivity index (χ4n) is 5.08. The summed E-state index contributed by atoms with van der Waals surface area (Å²) < 4.78 is 6.30. The third kappa shape index (κ3) is 2.31. The highest BCUT2D eigenvalue weighted by Crippen LogP contribution is 2.39. The van der Waals surface area contributed by atoms with E-state index in [1.165, 1.54) is 27.1 Å². The van der Waals surface area contributed by atoms with Gasteiger partial charge in [0.25, 0.3) is 0 Å². The second-order valence-electron chi connectivity index (χ2n) is 8.30. The summed E-state index contributed by atoms with van der Waals surface area (Å²) in [6.45, 7) is 2.16. The number of aromatic nitrogens is 2. The number of aryl methyl sites for hydroxylation is 1. The average Bonchev–Trinajstić information content (AvgIpc) is 3.22. The molecular weight excluding hydrogens is 392 g/mol. The van der Waals surface area contributed by atoms with Crippen molar-refractivity contribution in [2.75, 3.05) is 0 Å². The summed E-state index contributed by atoms with van der Waals surface area (Å²) in [5, 5.41) is 8.16. The zero-order valence-electron chi connectivity index (χ0n) is 17.5. The molecule has 3 nitrogen and oxygen atoms in total. The molecule has 0 aliphatic carbocycles. The molecule has 0 fully saturated rings. The molecule has 0 N–H and O–H groups in total. The topological polar surface area (TPSA) is 38.9 Å². The van der Waals surface area contributed by atoms with Crippen molar-refractivity contribution >= 4 is 54.4 Å². The van der Waals surface area contributed by atoms with Crippen LogP contribution in [0.1, 0.15) is 5.56 Å². The molecule has 0 aliphatic heterocycles. The van der Waals surface area contributed by atoms with E-state index in [-0.39, 0.29) is 0 Å². The number of rotatable bonds is 1. The summed E-state index contributed by atoms with van der Waals surface area (Å²) in [5.41, 5.74) is 5.84. The van der Waals surface area contributed by atoms with E-state index in [1.54, 1.807) is 6.33 Å². The van der Waals surface area contributed by atoms with Crippen molar-refractivity contribution in [3.63, 3.8) is 0 Å². The molecule has 0 unspecified atom stereocenters. The van der Waals surface area contributed by atoms with Gasteiger partial charge in [-0.1, -0.05) is 66.7 Å². The van der Waals surface area contributed by atoms with E-state index >= 15 is 0 Å².